The molecule has 0 spiro atoms. The number of oxazole rings is 1. The van der Waals surface area contributed by atoms with Crippen molar-refractivity contribution in [2.45, 2.75) is 13.3 Å². The first-order chi connectivity index (χ1) is 9.10. The molecular formula is C13H11BrFNO3. The molecule has 0 radical (unpaired) electrons. The molecule has 6 heteroatoms. The summed E-state index contributed by atoms with van der Waals surface area (Å²) in [4.78, 5) is 15.6. The zero-order valence-corrected chi connectivity index (χ0v) is 11.7. The van der Waals surface area contributed by atoms with Gasteiger partial charge in [-0.1, -0.05) is 0 Å². The van der Waals surface area contributed by atoms with E-state index in [9.17, 15) is 9.18 Å². The summed E-state index contributed by atoms with van der Waals surface area (Å²) in [6, 6.07) is 5.75. The van der Waals surface area contributed by atoms with Crippen molar-refractivity contribution in [2.24, 2.45) is 0 Å². The van der Waals surface area contributed by atoms with E-state index in [0.29, 0.717) is 28.4 Å². The lowest BCUT2D eigenvalue weighted by atomic mass is 10.2. The molecule has 0 fully saturated rings. The highest BCUT2D eigenvalue weighted by molar-refractivity contribution is 9.10. The van der Waals surface area contributed by atoms with Crippen LogP contribution in [-0.2, 0) is 16.0 Å². The lowest BCUT2D eigenvalue weighted by Gasteiger charge is -1.98. The number of esters is 1. The maximum atomic E-state index is 12.8. The number of carbonyl (C=O) groups excluding carboxylic acids is 1. The van der Waals surface area contributed by atoms with E-state index in [4.69, 9.17) is 9.15 Å². The molecule has 0 aliphatic rings. The number of rotatable bonds is 4. The van der Waals surface area contributed by atoms with Gasteiger partial charge in [0.05, 0.1) is 13.0 Å². The monoisotopic (exact) mass is 327 g/mol. The average Bonchev–Trinajstić information content (AvgIpc) is 2.72. The van der Waals surface area contributed by atoms with Gasteiger partial charge in [-0.25, -0.2) is 9.37 Å². The third-order valence-corrected chi connectivity index (χ3v) is 2.98. The zero-order chi connectivity index (χ0) is 13.8. The van der Waals surface area contributed by atoms with Crippen molar-refractivity contribution in [2.75, 3.05) is 6.61 Å². The van der Waals surface area contributed by atoms with Crippen molar-refractivity contribution >= 4 is 21.9 Å². The molecule has 19 heavy (non-hydrogen) atoms. The van der Waals surface area contributed by atoms with E-state index in [1.807, 2.05) is 0 Å². The van der Waals surface area contributed by atoms with E-state index < -0.39 is 0 Å². The number of carbonyl (C=O) groups is 1. The number of hydrogen-bond donors (Lipinski definition) is 0. The smallest absolute Gasteiger partial charge is 0.312 e. The number of hydrogen-bond acceptors (Lipinski definition) is 4. The lowest BCUT2D eigenvalue weighted by Crippen LogP contribution is -2.08. The van der Waals surface area contributed by atoms with Crippen molar-refractivity contribution < 1.29 is 18.3 Å². The Morgan fingerprint density at radius 1 is 1.42 bits per heavy atom. The Labute approximate surface area is 117 Å². The molecule has 100 valence electrons. The molecule has 0 aliphatic carbocycles. The molecule has 0 saturated heterocycles. The maximum absolute atomic E-state index is 12.8. The van der Waals surface area contributed by atoms with Gasteiger partial charge in [0.2, 0.25) is 5.89 Å². The Hall–Kier alpha value is -1.69. The van der Waals surface area contributed by atoms with Crippen LogP contribution in [0.4, 0.5) is 4.39 Å². The van der Waals surface area contributed by atoms with Gasteiger partial charge < -0.3 is 9.15 Å². The molecule has 0 saturated carbocycles. The van der Waals surface area contributed by atoms with Crippen molar-refractivity contribution in [3.8, 4) is 11.5 Å². The van der Waals surface area contributed by atoms with E-state index in [-0.39, 0.29) is 18.2 Å². The predicted octanol–water partition coefficient (Wildman–Crippen LogP) is 3.35. The van der Waals surface area contributed by atoms with Crippen LogP contribution >= 0.6 is 15.9 Å². The second-order valence-electron chi connectivity index (χ2n) is 3.73. The molecule has 2 rings (SSSR count). The Kier molecular flexibility index (Phi) is 4.31. The van der Waals surface area contributed by atoms with Crippen LogP contribution in [0.3, 0.4) is 0 Å². The van der Waals surface area contributed by atoms with E-state index in [0.717, 1.165) is 0 Å². The van der Waals surface area contributed by atoms with Crippen molar-refractivity contribution in [3.05, 3.63) is 40.4 Å². The molecular weight excluding hydrogens is 317 g/mol. The van der Waals surface area contributed by atoms with Crippen LogP contribution in [0.2, 0.25) is 0 Å². The molecule has 0 unspecified atom stereocenters. The Morgan fingerprint density at radius 2 is 2.11 bits per heavy atom. The van der Waals surface area contributed by atoms with Gasteiger partial charge in [0.25, 0.3) is 0 Å². The van der Waals surface area contributed by atoms with Crippen LogP contribution in [-0.4, -0.2) is 17.6 Å². The largest absolute Gasteiger partial charge is 0.466 e. The summed E-state index contributed by atoms with van der Waals surface area (Å²) in [5, 5.41) is 0. The normalized spacial score (nSPS) is 10.5. The Bertz CT molecular complexity index is 580. The summed E-state index contributed by atoms with van der Waals surface area (Å²) in [5.74, 6) is -0.380. The van der Waals surface area contributed by atoms with Gasteiger partial charge in [-0.3, -0.25) is 4.79 Å². The minimum atomic E-state index is -0.373. The number of benzene rings is 1. The van der Waals surface area contributed by atoms with Crippen LogP contribution in [0.25, 0.3) is 11.5 Å². The molecule has 4 nitrogen and oxygen atoms in total. The fourth-order valence-corrected chi connectivity index (χ4v) is 1.89. The van der Waals surface area contributed by atoms with Gasteiger partial charge in [0.15, 0.2) is 4.67 Å². The summed E-state index contributed by atoms with van der Waals surface area (Å²) in [6.45, 7) is 2.05. The standard InChI is InChI=1S/C13H11BrFNO3/c1-2-18-11(17)7-10-12(14)19-13(16-10)8-3-5-9(15)6-4-8/h3-6H,2,7H2,1H3. The molecule has 0 bridgehead atoms. The van der Waals surface area contributed by atoms with Crippen molar-refractivity contribution in [1.82, 2.24) is 4.98 Å². The molecule has 1 aromatic carbocycles. The Morgan fingerprint density at radius 3 is 2.74 bits per heavy atom. The van der Waals surface area contributed by atoms with Crippen LogP contribution in [0.1, 0.15) is 12.6 Å². The van der Waals surface area contributed by atoms with Gasteiger partial charge in [-0.05, 0) is 47.1 Å². The quantitative estimate of drug-likeness (QED) is 0.808. The fraction of sp³-hybridized carbons (Fsp3) is 0.231. The van der Waals surface area contributed by atoms with E-state index in [1.54, 1.807) is 19.1 Å². The first-order valence-corrected chi connectivity index (χ1v) is 6.46. The number of ether oxygens (including phenoxy) is 1. The van der Waals surface area contributed by atoms with E-state index in [1.165, 1.54) is 12.1 Å². The average molecular weight is 328 g/mol. The second kappa shape index (κ2) is 5.97. The Balaban J connectivity index is 2.21. The third kappa shape index (κ3) is 3.41. The molecule has 0 amide bonds. The SMILES string of the molecule is CCOC(=O)Cc1nc(-c2ccc(F)cc2)oc1Br. The first-order valence-electron chi connectivity index (χ1n) is 5.67. The van der Waals surface area contributed by atoms with Gasteiger partial charge in [0, 0.05) is 5.56 Å². The molecule has 1 aromatic heterocycles. The number of halogens is 2. The van der Waals surface area contributed by atoms with Crippen LogP contribution < -0.4 is 0 Å². The summed E-state index contributed by atoms with van der Waals surface area (Å²) in [5.41, 5.74) is 1.09. The topological polar surface area (TPSA) is 52.3 Å². The van der Waals surface area contributed by atoms with Crippen molar-refractivity contribution in [3.63, 3.8) is 0 Å². The fourth-order valence-electron chi connectivity index (χ4n) is 1.51. The van der Waals surface area contributed by atoms with Gasteiger partial charge in [-0.15, -0.1) is 0 Å². The van der Waals surface area contributed by atoms with E-state index in [2.05, 4.69) is 20.9 Å². The molecule has 0 aliphatic heterocycles. The zero-order valence-electron chi connectivity index (χ0n) is 10.2. The van der Waals surface area contributed by atoms with Crippen LogP contribution in [0.5, 0.6) is 0 Å². The molecule has 2 aromatic rings. The lowest BCUT2D eigenvalue weighted by molar-refractivity contribution is -0.142. The summed E-state index contributed by atoms with van der Waals surface area (Å²) >= 11 is 3.20. The highest BCUT2D eigenvalue weighted by Gasteiger charge is 2.16. The summed E-state index contributed by atoms with van der Waals surface area (Å²) < 4.78 is 23.4. The number of aromatic nitrogens is 1. The minimum absolute atomic E-state index is 0.0269. The summed E-state index contributed by atoms with van der Waals surface area (Å²) in [7, 11) is 0. The molecule has 1 heterocycles. The second-order valence-corrected chi connectivity index (χ2v) is 4.45. The van der Waals surface area contributed by atoms with Crippen molar-refractivity contribution in [1.29, 1.82) is 0 Å². The first kappa shape index (κ1) is 13.7. The van der Waals surface area contributed by atoms with Gasteiger partial charge in [-0.2, -0.15) is 0 Å². The minimum Gasteiger partial charge on any atom is -0.466 e. The third-order valence-electron chi connectivity index (χ3n) is 2.36. The summed E-state index contributed by atoms with van der Waals surface area (Å²) in [6.07, 6.45) is 0.0269. The highest BCUT2D eigenvalue weighted by atomic mass is 79.9. The highest BCUT2D eigenvalue weighted by Crippen LogP contribution is 2.26. The molecule has 0 atom stereocenters. The number of nitrogens with zero attached hydrogens (tertiary/aromatic N) is 1. The predicted molar refractivity (Wildman–Crippen MR) is 69.9 cm³/mol. The van der Waals surface area contributed by atoms with Crippen LogP contribution in [0, 0.1) is 5.82 Å². The van der Waals surface area contributed by atoms with Gasteiger partial charge in [0.1, 0.15) is 11.5 Å². The van der Waals surface area contributed by atoms with Crippen LogP contribution in [0.15, 0.2) is 33.4 Å². The molecule has 0 N–H and O–H groups in total. The maximum Gasteiger partial charge on any atom is 0.312 e. The van der Waals surface area contributed by atoms with Gasteiger partial charge >= 0.3 is 5.97 Å². The van der Waals surface area contributed by atoms with E-state index >= 15 is 0 Å².